The van der Waals surface area contributed by atoms with Crippen molar-refractivity contribution in [2.45, 2.75) is 13.5 Å². The summed E-state index contributed by atoms with van der Waals surface area (Å²) in [4.78, 5) is 15.6. The number of carbonyl (C=O) groups excluding carboxylic acids is 1. The number of aromatic nitrogens is 1. The minimum Gasteiger partial charge on any atom is -0.444 e. The van der Waals surface area contributed by atoms with Crippen LogP contribution in [0.4, 0.5) is 14.5 Å². The Labute approximate surface area is 107 Å². The van der Waals surface area contributed by atoms with Crippen LogP contribution in [-0.2, 0) is 6.54 Å². The number of rotatable bonds is 3. The predicted octanol–water partition coefficient (Wildman–Crippen LogP) is 1.77. The number of nitrogens with zero attached hydrogens (tertiary/aromatic N) is 1. The summed E-state index contributed by atoms with van der Waals surface area (Å²) in [7, 11) is 0. The van der Waals surface area contributed by atoms with Gasteiger partial charge in [0.1, 0.15) is 11.6 Å². The van der Waals surface area contributed by atoms with Gasteiger partial charge in [-0.15, -0.1) is 0 Å². The van der Waals surface area contributed by atoms with Gasteiger partial charge >= 0.3 is 0 Å². The minimum atomic E-state index is -0.956. The maximum absolute atomic E-state index is 13.6. The van der Waals surface area contributed by atoms with Crippen LogP contribution in [0.15, 0.2) is 22.7 Å². The predicted molar refractivity (Wildman–Crippen MR) is 63.2 cm³/mol. The van der Waals surface area contributed by atoms with Crippen LogP contribution in [0.5, 0.6) is 0 Å². The molecule has 1 amide bonds. The van der Waals surface area contributed by atoms with Crippen LogP contribution in [0.3, 0.4) is 0 Å². The van der Waals surface area contributed by atoms with Crippen molar-refractivity contribution in [1.29, 1.82) is 0 Å². The summed E-state index contributed by atoms with van der Waals surface area (Å²) in [6.07, 6.45) is 1.49. The highest BCUT2D eigenvalue weighted by atomic mass is 19.1. The maximum Gasteiger partial charge on any atom is 0.254 e. The molecule has 1 aromatic carbocycles. The molecule has 1 aromatic heterocycles. The monoisotopic (exact) mass is 267 g/mol. The first-order valence-corrected chi connectivity index (χ1v) is 5.41. The SMILES string of the molecule is Cc1cnc(CNC(=O)c2cc(F)cc(N)c2F)o1. The maximum atomic E-state index is 13.6. The molecule has 1 heterocycles. The fraction of sp³-hybridized carbons (Fsp3) is 0.167. The Morgan fingerprint density at radius 2 is 2.21 bits per heavy atom. The molecule has 0 saturated heterocycles. The number of amides is 1. The smallest absolute Gasteiger partial charge is 0.254 e. The van der Waals surface area contributed by atoms with Crippen LogP contribution in [0.2, 0.25) is 0 Å². The fourth-order valence-corrected chi connectivity index (χ4v) is 1.51. The van der Waals surface area contributed by atoms with Gasteiger partial charge in [0.05, 0.1) is 24.0 Å². The summed E-state index contributed by atoms with van der Waals surface area (Å²) in [5.41, 5.74) is 4.37. The first kappa shape index (κ1) is 13.0. The first-order valence-electron chi connectivity index (χ1n) is 5.41. The van der Waals surface area contributed by atoms with E-state index >= 15 is 0 Å². The lowest BCUT2D eigenvalue weighted by Crippen LogP contribution is -2.24. The second-order valence-electron chi connectivity index (χ2n) is 3.90. The third kappa shape index (κ3) is 2.87. The Hall–Kier alpha value is -2.44. The topological polar surface area (TPSA) is 81.2 Å². The number of nitrogens with one attached hydrogen (secondary N) is 1. The first-order chi connectivity index (χ1) is 8.97. The molecular weight excluding hydrogens is 256 g/mol. The van der Waals surface area contributed by atoms with Gasteiger partial charge in [0.2, 0.25) is 5.89 Å². The van der Waals surface area contributed by atoms with E-state index in [0.29, 0.717) is 5.76 Å². The van der Waals surface area contributed by atoms with Crippen LogP contribution in [0.1, 0.15) is 22.0 Å². The number of nitrogens with two attached hydrogens (primary N) is 1. The molecule has 0 spiro atoms. The van der Waals surface area contributed by atoms with Gasteiger partial charge in [-0.2, -0.15) is 0 Å². The van der Waals surface area contributed by atoms with E-state index in [9.17, 15) is 13.6 Å². The van der Waals surface area contributed by atoms with Gasteiger partial charge < -0.3 is 15.5 Å². The van der Waals surface area contributed by atoms with Crippen molar-refractivity contribution < 1.29 is 18.0 Å². The summed E-state index contributed by atoms with van der Waals surface area (Å²) in [5.74, 6) is -1.67. The van der Waals surface area contributed by atoms with Crippen molar-refractivity contribution in [2.75, 3.05) is 5.73 Å². The molecule has 0 bridgehead atoms. The zero-order valence-corrected chi connectivity index (χ0v) is 10.0. The van der Waals surface area contributed by atoms with Gasteiger partial charge in [-0.05, 0) is 19.1 Å². The van der Waals surface area contributed by atoms with Gasteiger partial charge in [0.25, 0.3) is 5.91 Å². The van der Waals surface area contributed by atoms with E-state index in [4.69, 9.17) is 10.2 Å². The standard InChI is InChI=1S/C12H11F2N3O2/c1-6-4-16-10(19-6)5-17-12(18)8-2-7(13)3-9(15)11(8)14/h2-4H,5,15H2,1H3,(H,17,18). The van der Waals surface area contributed by atoms with E-state index in [0.717, 1.165) is 12.1 Å². The number of nitrogen functional groups attached to an aromatic ring is 1. The van der Waals surface area contributed by atoms with Crippen LogP contribution in [0, 0.1) is 18.6 Å². The third-order valence-corrected chi connectivity index (χ3v) is 2.38. The lowest BCUT2D eigenvalue weighted by Gasteiger charge is -2.06. The average Bonchev–Trinajstić information content (AvgIpc) is 2.76. The molecule has 0 aliphatic rings. The Morgan fingerprint density at radius 1 is 1.47 bits per heavy atom. The Kier molecular flexibility index (Phi) is 3.46. The van der Waals surface area contributed by atoms with Crippen molar-refractivity contribution in [3.8, 4) is 0 Å². The normalized spacial score (nSPS) is 10.5. The Bertz CT molecular complexity index is 625. The highest BCUT2D eigenvalue weighted by molar-refractivity contribution is 5.95. The van der Waals surface area contributed by atoms with E-state index in [2.05, 4.69) is 10.3 Å². The molecule has 2 aromatic rings. The second kappa shape index (κ2) is 5.05. The third-order valence-electron chi connectivity index (χ3n) is 2.38. The Balaban J connectivity index is 2.12. The summed E-state index contributed by atoms with van der Waals surface area (Å²) < 4.78 is 31.8. The number of hydrogen-bond donors (Lipinski definition) is 2. The van der Waals surface area contributed by atoms with Gasteiger partial charge in [0, 0.05) is 0 Å². The zero-order valence-electron chi connectivity index (χ0n) is 10.0. The van der Waals surface area contributed by atoms with Crippen molar-refractivity contribution >= 4 is 11.6 Å². The molecule has 0 aliphatic carbocycles. The van der Waals surface area contributed by atoms with Crippen LogP contribution < -0.4 is 11.1 Å². The molecule has 3 N–H and O–H groups in total. The van der Waals surface area contributed by atoms with Gasteiger partial charge in [-0.1, -0.05) is 0 Å². The largest absolute Gasteiger partial charge is 0.444 e. The number of halogens is 2. The molecular formula is C12H11F2N3O2. The van der Waals surface area contributed by atoms with Crippen molar-refractivity contribution in [2.24, 2.45) is 0 Å². The molecule has 100 valence electrons. The van der Waals surface area contributed by atoms with E-state index in [1.807, 2.05) is 0 Å². The molecule has 0 saturated carbocycles. The van der Waals surface area contributed by atoms with Crippen LogP contribution in [-0.4, -0.2) is 10.9 Å². The van der Waals surface area contributed by atoms with Gasteiger partial charge in [-0.3, -0.25) is 4.79 Å². The van der Waals surface area contributed by atoms with Crippen LogP contribution >= 0.6 is 0 Å². The van der Waals surface area contributed by atoms with Crippen molar-refractivity contribution in [1.82, 2.24) is 10.3 Å². The zero-order chi connectivity index (χ0) is 14.0. The van der Waals surface area contributed by atoms with Gasteiger partial charge in [-0.25, -0.2) is 13.8 Å². The molecule has 5 nitrogen and oxygen atoms in total. The highest BCUT2D eigenvalue weighted by Crippen LogP contribution is 2.17. The van der Waals surface area contributed by atoms with Crippen LogP contribution in [0.25, 0.3) is 0 Å². The second-order valence-corrected chi connectivity index (χ2v) is 3.90. The van der Waals surface area contributed by atoms with E-state index in [-0.39, 0.29) is 12.4 Å². The number of oxazole rings is 1. The fourth-order valence-electron chi connectivity index (χ4n) is 1.51. The van der Waals surface area contributed by atoms with Crippen molar-refractivity contribution in [3.05, 3.63) is 47.2 Å². The van der Waals surface area contributed by atoms with E-state index in [1.165, 1.54) is 6.20 Å². The molecule has 7 heteroatoms. The highest BCUT2D eigenvalue weighted by Gasteiger charge is 2.16. The molecule has 0 fully saturated rings. The number of hydrogen-bond acceptors (Lipinski definition) is 4. The summed E-state index contributed by atoms with van der Waals surface area (Å²) in [6.45, 7) is 1.67. The molecule has 0 aliphatic heterocycles. The minimum absolute atomic E-state index is 0.0253. The average molecular weight is 267 g/mol. The lowest BCUT2D eigenvalue weighted by atomic mass is 10.1. The summed E-state index contributed by atoms with van der Waals surface area (Å²) in [6, 6.07) is 1.59. The molecule has 0 radical (unpaired) electrons. The lowest BCUT2D eigenvalue weighted by molar-refractivity contribution is 0.0942. The molecule has 19 heavy (non-hydrogen) atoms. The number of anilines is 1. The molecule has 2 rings (SSSR count). The molecule has 0 atom stereocenters. The Morgan fingerprint density at radius 3 is 2.84 bits per heavy atom. The van der Waals surface area contributed by atoms with Gasteiger partial charge in [0.15, 0.2) is 5.82 Å². The van der Waals surface area contributed by atoms with Crippen molar-refractivity contribution in [3.63, 3.8) is 0 Å². The summed E-state index contributed by atoms with van der Waals surface area (Å²) in [5, 5.41) is 2.37. The van der Waals surface area contributed by atoms with E-state index < -0.39 is 28.8 Å². The summed E-state index contributed by atoms with van der Waals surface area (Å²) >= 11 is 0. The van der Waals surface area contributed by atoms with E-state index in [1.54, 1.807) is 6.92 Å². The number of aryl methyl sites for hydroxylation is 1. The number of benzene rings is 1. The number of carbonyl (C=O) groups is 1. The molecule has 0 unspecified atom stereocenters. The quantitative estimate of drug-likeness (QED) is 0.830.